The van der Waals surface area contributed by atoms with Crippen LogP contribution in [0.2, 0.25) is 54.4 Å². The molecule has 2 aliphatic rings. The first-order valence-corrected chi connectivity index (χ1v) is 22.4. The summed E-state index contributed by atoms with van der Waals surface area (Å²) >= 11 is 0. The fourth-order valence-corrected chi connectivity index (χ4v) is 7.35. The van der Waals surface area contributed by atoms with Crippen LogP contribution in [0.25, 0.3) is 0 Å². The first-order chi connectivity index (χ1) is 15.7. The highest BCUT2D eigenvalue weighted by molar-refractivity contribution is 6.75. The van der Waals surface area contributed by atoms with Gasteiger partial charge in [0.25, 0.3) is 0 Å². The second kappa shape index (κ2) is 9.80. The van der Waals surface area contributed by atoms with E-state index in [4.69, 9.17) is 27.5 Å². The Balaban J connectivity index is 2.56. The third kappa shape index (κ3) is 6.75. The Morgan fingerprint density at radius 3 is 1.56 bits per heavy atom. The summed E-state index contributed by atoms with van der Waals surface area (Å²) in [5.41, 5.74) is 0. The molecule has 4 atom stereocenters. The van der Waals surface area contributed by atoms with E-state index < -0.39 is 42.6 Å². The summed E-state index contributed by atoms with van der Waals surface area (Å²) in [5.74, 6) is -1.78. The van der Waals surface area contributed by atoms with E-state index in [9.17, 15) is 0 Å². The summed E-state index contributed by atoms with van der Waals surface area (Å²) in [4.78, 5) is 0. The van der Waals surface area contributed by atoms with Crippen LogP contribution in [-0.2, 0) is 27.5 Å². The van der Waals surface area contributed by atoms with Crippen molar-refractivity contribution >= 4 is 25.0 Å². The van der Waals surface area contributed by atoms with Crippen molar-refractivity contribution in [1.29, 1.82) is 0 Å². The molecule has 2 aliphatic heterocycles. The van der Waals surface area contributed by atoms with Crippen LogP contribution >= 0.6 is 0 Å². The van der Waals surface area contributed by atoms with Gasteiger partial charge in [-0.3, -0.25) is 0 Å². The van der Waals surface area contributed by atoms with Crippen LogP contribution in [0, 0.1) is 0 Å². The molecule has 214 valence electrons. The molecule has 9 heteroatoms. The van der Waals surface area contributed by atoms with E-state index in [1.807, 2.05) is 13.8 Å². The lowest BCUT2D eigenvalue weighted by atomic mass is 10.1. The second-order valence-corrected chi connectivity index (χ2v) is 30.3. The smallest absolute Gasteiger partial charge is 0.223 e. The van der Waals surface area contributed by atoms with E-state index in [0.29, 0.717) is 13.2 Å². The molecule has 1 spiro atoms. The van der Waals surface area contributed by atoms with Crippen molar-refractivity contribution in [3.05, 3.63) is 0 Å². The molecule has 0 amide bonds. The minimum absolute atomic E-state index is 0.0282. The van der Waals surface area contributed by atoms with Crippen molar-refractivity contribution in [2.75, 3.05) is 13.2 Å². The summed E-state index contributed by atoms with van der Waals surface area (Å²) < 4.78 is 40.6. The highest BCUT2D eigenvalue weighted by atomic mass is 28.4. The van der Waals surface area contributed by atoms with Gasteiger partial charge in [0.2, 0.25) is 5.79 Å². The molecular weight excluding hydrogens is 505 g/mol. The Morgan fingerprint density at radius 1 is 0.722 bits per heavy atom. The fraction of sp³-hybridized carbons (Fsp3) is 1.00. The predicted octanol–water partition coefficient (Wildman–Crippen LogP) is 7.67. The Morgan fingerprint density at radius 2 is 1.17 bits per heavy atom. The van der Waals surface area contributed by atoms with Gasteiger partial charge >= 0.3 is 0 Å². The summed E-state index contributed by atoms with van der Waals surface area (Å²) in [6.07, 6.45) is -1.01. The molecule has 2 saturated heterocycles. The van der Waals surface area contributed by atoms with Crippen LogP contribution in [0.5, 0.6) is 0 Å². The highest BCUT2D eigenvalue weighted by Crippen LogP contribution is 2.50. The largest absolute Gasteiger partial charge is 0.414 e. The molecule has 2 heterocycles. The van der Waals surface area contributed by atoms with Gasteiger partial charge < -0.3 is 27.5 Å². The van der Waals surface area contributed by atoms with Crippen molar-refractivity contribution in [1.82, 2.24) is 0 Å². The molecular formula is C27H58O6Si3. The normalized spacial score (nSPS) is 30.4. The van der Waals surface area contributed by atoms with Crippen molar-refractivity contribution in [3.63, 3.8) is 0 Å². The zero-order chi connectivity index (χ0) is 28.4. The van der Waals surface area contributed by atoms with Crippen LogP contribution in [0.1, 0.15) is 76.2 Å². The van der Waals surface area contributed by atoms with Gasteiger partial charge in [0, 0.05) is 0 Å². The molecule has 6 nitrogen and oxygen atoms in total. The Hall–Kier alpha value is 0.411. The van der Waals surface area contributed by atoms with E-state index >= 15 is 0 Å². The third-order valence-electron chi connectivity index (χ3n) is 9.37. The van der Waals surface area contributed by atoms with Crippen molar-refractivity contribution in [3.8, 4) is 0 Å². The molecule has 0 saturated carbocycles. The van der Waals surface area contributed by atoms with Crippen molar-refractivity contribution < 1.29 is 27.5 Å². The van der Waals surface area contributed by atoms with E-state index in [0.717, 1.165) is 0 Å². The number of rotatable bonds is 7. The van der Waals surface area contributed by atoms with Gasteiger partial charge in [0.1, 0.15) is 24.9 Å². The zero-order valence-electron chi connectivity index (χ0n) is 26.6. The number of ether oxygens (including phenoxy) is 3. The van der Waals surface area contributed by atoms with Gasteiger partial charge in [-0.2, -0.15) is 0 Å². The molecule has 2 rings (SSSR count). The lowest BCUT2D eigenvalue weighted by molar-refractivity contribution is -0.267. The minimum Gasteiger partial charge on any atom is -0.414 e. The topological polar surface area (TPSA) is 55.4 Å². The maximum absolute atomic E-state index is 7.16. The summed E-state index contributed by atoms with van der Waals surface area (Å²) in [6, 6.07) is 0. The lowest BCUT2D eigenvalue weighted by Crippen LogP contribution is -2.58. The Labute approximate surface area is 225 Å². The molecule has 0 aromatic carbocycles. The molecule has 0 bridgehead atoms. The first kappa shape index (κ1) is 32.6. The Kier molecular flexibility index (Phi) is 8.88. The van der Waals surface area contributed by atoms with Crippen molar-refractivity contribution in [2.45, 2.75) is 160 Å². The summed E-state index contributed by atoms with van der Waals surface area (Å²) in [7, 11) is -6.38. The molecule has 0 aromatic heterocycles. The quantitative estimate of drug-likeness (QED) is 0.297. The minimum atomic E-state index is -2.20. The zero-order valence-corrected chi connectivity index (χ0v) is 29.6. The van der Waals surface area contributed by atoms with Crippen LogP contribution in [-0.4, -0.2) is 68.1 Å². The van der Waals surface area contributed by atoms with E-state index in [2.05, 4.69) is 102 Å². The van der Waals surface area contributed by atoms with Crippen molar-refractivity contribution in [2.24, 2.45) is 0 Å². The van der Waals surface area contributed by atoms with Gasteiger partial charge in [-0.05, 0) is 68.2 Å². The molecule has 0 radical (unpaired) electrons. The van der Waals surface area contributed by atoms with Crippen LogP contribution in [0.3, 0.4) is 0 Å². The molecule has 36 heavy (non-hydrogen) atoms. The Bertz CT molecular complexity index is 776. The number of hydrogen-bond acceptors (Lipinski definition) is 6. The van der Waals surface area contributed by atoms with Gasteiger partial charge in [0.05, 0.1) is 6.61 Å². The van der Waals surface area contributed by atoms with Gasteiger partial charge in [0.15, 0.2) is 30.7 Å². The molecule has 0 aliphatic carbocycles. The highest BCUT2D eigenvalue weighted by Gasteiger charge is 2.65. The van der Waals surface area contributed by atoms with Crippen LogP contribution in [0.15, 0.2) is 0 Å². The molecule has 0 unspecified atom stereocenters. The average molecular weight is 563 g/mol. The molecule has 0 aromatic rings. The summed E-state index contributed by atoms with van der Waals surface area (Å²) in [6.45, 7) is 38.8. The SMILES string of the molecule is CC1(C)OC[C@]2(O[C@H](CO[Si](C)(C)C(C)(C)C)[C@@H](O[Si](C)(C)C(C)(C)C)[C@@H]2O[Si](C)(C)C(C)(C)C)O1. The third-order valence-corrected chi connectivity index (χ3v) is 22.8. The summed E-state index contributed by atoms with van der Waals surface area (Å²) in [5, 5.41) is 0.174. The fourth-order valence-electron chi connectivity index (χ4n) is 3.72. The maximum atomic E-state index is 7.16. The monoisotopic (exact) mass is 562 g/mol. The van der Waals surface area contributed by atoms with E-state index in [1.54, 1.807) is 0 Å². The average Bonchev–Trinajstić information content (AvgIpc) is 3.07. The van der Waals surface area contributed by atoms with E-state index in [-0.39, 0.29) is 27.3 Å². The predicted molar refractivity (Wildman–Crippen MR) is 156 cm³/mol. The standard InChI is InChI=1S/C27H58O6Si3/c1-23(2,3)34(12,13)29-18-20-21(31-35(14,15)24(4,5)6)22(32-36(16,17)25(7,8)9)27(30-20)19-28-26(10,11)33-27/h20-22H,18-19H2,1-17H3/t20-,21-,22+,27+/m1/s1. The van der Waals surface area contributed by atoms with Crippen LogP contribution in [0.4, 0.5) is 0 Å². The van der Waals surface area contributed by atoms with E-state index in [1.165, 1.54) is 0 Å². The van der Waals surface area contributed by atoms with Gasteiger partial charge in [-0.25, -0.2) is 0 Å². The lowest BCUT2D eigenvalue weighted by Gasteiger charge is -2.45. The van der Waals surface area contributed by atoms with Crippen LogP contribution < -0.4 is 0 Å². The maximum Gasteiger partial charge on any atom is 0.223 e. The molecule has 0 N–H and O–H groups in total. The van der Waals surface area contributed by atoms with Gasteiger partial charge in [-0.1, -0.05) is 62.3 Å². The number of hydrogen-bond donors (Lipinski definition) is 0. The molecule has 2 fully saturated rings. The van der Waals surface area contributed by atoms with Gasteiger partial charge in [-0.15, -0.1) is 0 Å². The second-order valence-electron chi connectivity index (χ2n) is 16.0. The first-order valence-electron chi connectivity index (χ1n) is 13.7.